The maximum Gasteiger partial charge on any atom is 0.251 e. The SMILES string of the molecule is O=C(CN1CCC(NC(=O)c2ccccc2)CC1)NC(c1ccccc1)c1cccs1. The largest absolute Gasteiger partial charge is 0.349 e. The standard InChI is InChI=1S/C25H27N3O2S/c29-23(27-24(22-12-7-17-31-22)19-8-3-1-4-9-19)18-28-15-13-21(14-16-28)26-25(30)20-10-5-2-6-11-20/h1-12,17,21,24H,13-16,18H2,(H,26,30)(H,27,29). The number of likely N-dealkylation sites (tertiary alicyclic amines) is 1. The highest BCUT2D eigenvalue weighted by molar-refractivity contribution is 7.10. The number of hydrogen-bond donors (Lipinski definition) is 2. The zero-order chi connectivity index (χ0) is 21.5. The quantitative estimate of drug-likeness (QED) is 0.595. The first kappa shape index (κ1) is 21.3. The van der Waals surface area contributed by atoms with Gasteiger partial charge in [0, 0.05) is 29.6 Å². The Balaban J connectivity index is 1.28. The fraction of sp³-hybridized carbons (Fsp3) is 0.280. The Morgan fingerprint density at radius 3 is 2.26 bits per heavy atom. The van der Waals surface area contributed by atoms with Crippen LogP contribution in [0.15, 0.2) is 78.2 Å². The second-order valence-electron chi connectivity index (χ2n) is 7.82. The number of thiophene rings is 1. The van der Waals surface area contributed by atoms with Crippen molar-refractivity contribution in [2.24, 2.45) is 0 Å². The predicted octanol–water partition coefficient (Wildman–Crippen LogP) is 3.85. The van der Waals surface area contributed by atoms with Crippen molar-refractivity contribution in [1.82, 2.24) is 15.5 Å². The van der Waals surface area contributed by atoms with Gasteiger partial charge in [-0.3, -0.25) is 14.5 Å². The molecular weight excluding hydrogens is 406 g/mol. The maximum atomic E-state index is 12.8. The Morgan fingerprint density at radius 1 is 0.935 bits per heavy atom. The molecule has 1 atom stereocenters. The first-order valence-electron chi connectivity index (χ1n) is 10.6. The monoisotopic (exact) mass is 433 g/mol. The van der Waals surface area contributed by atoms with Gasteiger partial charge in [-0.2, -0.15) is 0 Å². The molecule has 1 unspecified atom stereocenters. The van der Waals surface area contributed by atoms with Crippen LogP contribution in [0.3, 0.4) is 0 Å². The lowest BCUT2D eigenvalue weighted by atomic mass is 10.0. The highest BCUT2D eigenvalue weighted by atomic mass is 32.1. The minimum Gasteiger partial charge on any atom is -0.349 e. The molecule has 5 nitrogen and oxygen atoms in total. The van der Waals surface area contributed by atoms with Gasteiger partial charge >= 0.3 is 0 Å². The van der Waals surface area contributed by atoms with Gasteiger partial charge in [0.1, 0.15) is 0 Å². The molecule has 0 spiro atoms. The van der Waals surface area contributed by atoms with Crippen molar-refractivity contribution in [3.8, 4) is 0 Å². The molecule has 0 radical (unpaired) electrons. The number of piperidine rings is 1. The fourth-order valence-electron chi connectivity index (χ4n) is 3.92. The molecule has 2 aromatic carbocycles. The fourth-order valence-corrected chi connectivity index (χ4v) is 4.73. The average molecular weight is 434 g/mol. The molecule has 4 rings (SSSR count). The van der Waals surface area contributed by atoms with Gasteiger partial charge in [0.25, 0.3) is 5.91 Å². The smallest absolute Gasteiger partial charge is 0.251 e. The van der Waals surface area contributed by atoms with E-state index in [1.54, 1.807) is 11.3 Å². The summed E-state index contributed by atoms with van der Waals surface area (Å²) >= 11 is 1.65. The van der Waals surface area contributed by atoms with Gasteiger partial charge in [0.2, 0.25) is 5.91 Å². The van der Waals surface area contributed by atoms with E-state index in [-0.39, 0.29) is 23.9 Å². The van der Waals surface area contributed by atoms with Crippen molar-refractivity contribution in [3.63, 3.8) is 0 Å². The Morgan fingerprint density at radius 2 is 1.61 bits per heavy atom. The number of rotatable bonds is 7. The van der Waals surface area contributed by atoms with Gasteiger partial charge in [-0.1, -0.05) is 54.6 Å². The lowest BCUT2D eigenvalue weighted by molar-refractivity contribution is -0.123. The van der Waals surface area contributed by atoms with E-state index in [1.807, 2.05) is 72.1 Å². The summed E-state index contributed by atoms with van der Waals surface area (Å²) in [4.78, 5) is 28.5. The molecule has 6 heteroatoms. The van der Waals surface area contributed by atoms with Crippen LogP contribution in [0.2, 0.25) is 0 Å². The van der Waals surface area contributed by atoms with Crippen LogP contribution >= 0.6 is 11.3 Å². The summed E-state index contributed by atoms with van der Waals surface area (Å²) in [5, 5.41) is 8.36. The van der Waals surface area contributed by atoms with Crippen LogP contribution in [0.1, 0.15) is 39.7 Å². The summed E-state index contributed by atoms with van der Waals surface area (Å²) in [5.41, 5.74) is 1.77. The van der Waals surface area contributed by atoms with Gasteiger partial charge in [0.15, 0.2) is 0 Å². The third-order valence-corrected chi connectivity index (χ3v) is 6.53. The number of carbonyl (C=O) groups excluding carboxylic acids is 2. The van der Waals surface area contributed by atoms with Crippen LogP contribution in [0.25, 0.3) is 0 Å². The third kappa shape index (κ3) is 5.81. The number of carbonyl (C=O) groups is 2. The molecule has 1 aliphatic rings. The molecule has 0 bridgehead atoms. The van der Waals surface area contributed by atoms with Crippen molar-refractivity contribution in [3.05, 3.63) is 94.2 Å². The van der Waals surface area contributed by atoms with Crippen LogP contribution in [-0.4, -0.2) is 42.4 Å². The zero-order valence-electron chi connectivity index (χ0n) is 17.4. The van der Waals surface area contributed by atoms with Crippen LogP contribution < -0.4 is 10.6 Å². The number of nitrogens with zero attached hydrogens (tertiary/aromatic N) is 1. The number of hydrogen-bond acceptors (Lipinski definition) is 4. The van der Waals surface area contributed by atoms with E-state index in [0.29, 0.717) is 12.1 Å². The summed E-state index contributed by atoms with van der Waals surface area (Å²) in [7, 11) is 0. The Bertz CT molecular complexity index is 969. The van der Waals surface area contributed by atoms with Gasteiger partial charge < -0.3 is 10.6 Å². The van der Waals surface area contributed by atoms with Gasteiger partial charge in [-0.15, -0.1) is 11.3 Å². The normalized spacial score (nSPS) is 15.9. The summed E-state index contributed by atoms with van der Waals surface area (Å²) in [6.07, 6.45) is 1.69. The molecule has 160 valence electrons. The van der Waals surface area contributed by atoms with E-state index in [4.69, 9.17) is 0 Å². The summed E-state index contributed by atoms with van der Waals surface area (Å²) in [5.74, 6) is -0.00697. The second-order valence-corrected chi connectivity index (χ2v) is 8.80. The van der Waals surface area contributed by atoms with Crippen LogP contribution in [0, 0.1) is 0 Å². The number of nitrogens with one attached hydrogen (secondary N) is 2. The highest BCUT2D eigenvalue weighted by Crippen LogP contribution is 2.26. The molecule has 1 saturated heterocycles. The lowest BCUT2D eigenvalue weighted by Gasteiger charge is -2.32. The first-order valence-corrected chi connectivity index (χ1v) is 11.5. The molecule has 2 N–H and O–H groups in total. The second kappa shape index (κ2) is 10.4. The minimum atomic E-state index is -0.128. The van der Waals surface area contributed by atoms with Crippen LogP contribution in [0.4, 0.5) is 0 Å². The molecule has 31 heavy (non-hydrogen) atoms. The minimum absolute atomic E-state index is 0.0222. The molecule has 1 fully saturated rings. The first-order chi connectivity index (χ1) is 15.2. The Labute approximate surface area is 187 Å². The van der Waals surface area contributed by atoms with Crippen LogP contribution in [0.5, 0.6) is 0 Å². The highest BCUT2D eigenvalue weighted by Gasteiger charge is 2.24. The molecular formula is C25H27N3O2S. The van der Waals surface area contributed by atoms with E-state index < -0.39 is 0 Å². The van der Waals surface area contributed by atoms with Crippen molar-refractivity contribution < 1.29 is 9.59 Å². The van der Waals surface area contributed by atoms with E-state index in [0.717, 1.165) is 36.4 Å². The number of benzene rings is 2. The molecule has 2 amide bonds. The van der Waals surface area contributed by atoms with Gasteiger partial charge in [0.05, 0.1) is 12.6 Å². The summed E-state index contributed by atoms with van der Waals surface area (Å²) in [6, 6.07) is 23.5. The van der Waals surface area contributed by atoms with E-state index in [2.05, 4.69) is 21.6 Å². The molecule has 3 aromatic rings. The lowest BCUT2D eigenvalue weighted by Crippen LogP contribution is -2.47. The molecule has 2 heterocycles. The average Bonchev–Trinajstić information content (AvgIpc) is 3.34. The molecule has 1 aromatic heterocycles. The molecule has 0 saturated carbocycles. The van der Waals surface area contributed by atoms with E-state index in [1.165, 1.54) is 0 Å². The summed E-state index contributed by atoms with van der Waals surface area (Å²) < 4.78 is 0. The van der Waals surface area contributed by atoms with Crippen molar-refractivity contribution in [2.75, 3.05) is 19.6 Å². The predicted molar refractivity (Wildman–Crippen MR) is 124 cm³/mol. The Hall–Kier alpha value is -2.96. The third-order valence-electron chi connectivity index (χ3n) is 5.59. The molecule has 1 aliphatic heterocycles. The molecule has 0 aliphatic carbocycles. The zero-order valence-corrected chi connectivity index (χ0v) is 18.2. The van der Waals surface area contributed by atoms with Crippen molar-refractivity contribution >= 4 is 23.2 Å². The maximum absolute atomic E-state index is 12.8. The van der Waals surface area contributed by atoms with Crippen LogP contribution in [-0.2, 0) is 4.79 Å². The van der Waals surface area contributed by atoms with Gasteiger partial charge in [-0.05, 0) is 42.0 Å². The Kier molecular flexibility index (Phi) is 7.12. The van der Waals surface area contributed by atoms with Crippen molar-refractivity contribution in [2.45, 2.75) is 24.9 Å². The van der Waals surface area contributed by atoms with Crippen molar-refractivity contribution in [1.29, 1.82) is 0 Å². The van der Waals surface area contributed by atoms with Gasteiger partial charge in [-0.25, -0.2) is 0 Å². The summed E-state index contributed by atoms with van der Waals surface area (Å²) in [6.45, 7) is 1.96. The van der Waals surface area contributed by atoms with E-state index in [9.17, 15) is 9.59 Å². The van der Waals surface area contributed by atoms with E-state index >= 15 is 0 Å². The topological polar surface area (TPSA) is 61.4 Å². The number of amides is 2.